The van der Waals surface area contributed by atoms with E-state index in [4.69, 9.17) is 20.8 Å². The highest BCUT2D eigenvalue weighted by atomic mass is 35.5. The van der Waals surface area contributed by atoms with E-state index in [0.29, 0.717) is 22.8 Å². The molecule has 3 aromatic heterocycles. The summed E-state index contributed by atoms with van der Waals surface area (Å²) in [4.78, 5) is 7.07. The van der Waals surface area contributed by atoms with Gasteiger partial charge in [-0.1, -0.05) is 57.6 Å². The van der Waals surface area contributed by atoms with Crippen LogP contribution in [0.25, 0.3) is 11.5 Å². The number of aromatic amines is 2. The van der Waals surface area contributed by atoms with Crippen LogP contribution in [0.2, 0.25) is 5.02 Å². The lowest BCUT2D eigenvalue weighted by Crippen LogP contribution is -2.18. The molecular weight excluding hydrogens is 420 g/mol. The Hall–Kier alpha value is -2.07. The van der Waals surface area contributed by atoms with Gasteiger partial charge in [0, 0.05) is 23.7 Å². The van der Waals surface area contributed by atoms with Gasteiger partial charge in [0.05, 0.1) is 18.1 Å². The molecule has 2 aliphatic carbocycles. The Morgan fingerprint density at radius 1 is 1.09 bits per heavy atom. The molecule has 1 aliphatic heterocycles. The number of methoxy groups -OCH3 is 1. The standard InChI is InChI=1S/C27H35ClN2O2/c1-16(2)23-18-11-9-7-5-4-6-8-10-17-14-19(23)25(30-17)24(18)27-22(31-3)15-21(32-27)26-20(28)12-13-29-26/h12-16,18,23-24,29-30H,4-11H2,1-3H3/t18-,23-,24+/m1/s1. The van der Waals surface area contributed by atoms with Gasteiger partial charge in [-0.15, -0.1) is 0 Å². The molecule has 172 valence electrons. The number of furan rings is 1. The minimum Gasteiger partial charge on any atom is -0.493 e. The van der Waals surface area contributed by atoms with Crippen molar-refractivity contribution in [2.24, 2.45) is 11.8 Å². The SMILES string of the molecule is COc1cc(-c2[nH]ccc2Cl)oc1[C@@H]1c2[nH]c3cc2[C@H](C(C)C)[C@H]1CCCCCCCC3. The van der Waals surface area contributed by atoms with E-state index in [1.165, 1.54) is 61.9 Å². The van der Waals surface area contributed by atoms with Crippen LogP contribution >= 0.6 is 11.6 Å². The number of hydrogen-bond acceptors (Lipinski definition) is 2. The Kier molecular flexibility index (Phi) is 6.16. The van der Waals surface area contributed by atoms with Crippen molar-refractivity contribution in [3.63, 3.8) is 0 Å². The van der Waals surface area contributed by atoms with Crippen molar-refractivity contribution in [3.8, 4) is 17.2 Å². The second kappa shape index (κ2) is 9.05. The van der Waals surface area contributed by atoms with Gasteiger partial charge >= 0.3 is 0 Å². The van der Waals surface area contributed by atoms with Gasteiger partial charge in [0.25, 0.3) is 0 Å². The number of aromatic nitrogens is 2. The van der Waals surface area contributed by atoms with Crippen LogP contribution < -0.4 is 4.74 Å². The number of fused-ring (bicyclic) bond motifs is 7. The molecule has 5 heteroatoms. The molecule has 0 saturated carbocycles. The Morgan fingerprint density at radius 3 is 2.59 bits per heavy atom. The van der Waals surface area contributed by atoms with E-state index in [0.717, 1.165) is 29.4 Å². The van der Waals surface area contributed by atoms with Crippen LogP contribution in [0.1, 0.15) is 93.3 Å². The van der Waals surface area contributed by atoms with Crippen LogP contribution in [0.5, 0.6) is 5.75 Å². The van der Waals surface area contributed by atoms with Crippen LogP contribution in [0, 0.1) is 11.8 Å². The molecule has 3 aliphatic rings. The number of rotatable bonds is 4. The zero-order chi connectivity index (χ0) is 22.2. The molecule has 0 radical (unpaired) electrons. The van der Waals surface area contributed by atoms with Gasteiger partial charge in [-0.3, -0.25) is 0 Å². The van der Waals surface area contributed by atoms with E-state index >= 15 is 0 Å². The maximum absolute atomic E-state index is 6.56. The Labute approximate surface area is 196 Å². The van der Waals surface area contributed by atoms with Crippen molar-refractivity contribution < 1.29 is 9.15 Å². The van der Waals surface area contributed by atoms with Crippen molar-refractivity contribution in [1.82, 2.24) is 9.97 Å². The number of halogens is 1. The van der Waals surface area contributed by atoms with Crippen LogP contribution in [0.3, 0.4) is 0 Å². The fraction of sp³-hybridized carbons (Fsp3) is 0.556. The predicted octanol–water partition coefficient (Wildman–Crippen LogP) is 8.05. The van der Waals surface area contributed by atoms with Crippen molar-refractivity contribution in [1.29, 1.82) is 0 Å². The molecule has 0 unspecified atom stereocenters. The summed E-state index contributed by atoms with van der Waals surface area (Å²) in [6, 6.07) is 6.31. The first-order valence-corrected chi connectivity index (χ1v) is 12.7. The Balaban J connectivity index is 1.62. The average molecular weight is 455 g/mol. The van der Waals surface area contributed by atoms with Gasteiger partial charge in [0.2, 0.25) is 0 Å². The molecule has 2 N–H and O–H groups in total. The molecule has 0 aromatic carbocycles. The molecule has 0 fully saturated rings. The van der Waals surface area contributed by atoms with Gasteiger partial charge in [-0.05, 0) is 54.7 Å². The summed E-state index contributed by atoms with van der Waals surface area (Å²) < 4.78 is 12.4. The molecule has 4 bridgehead atoms. The lowest BCUT2D eigenvalue weighted by atomic mass is 9.76. The average Bonchev–Trinajstić information content (AvgIpc) is 3.51. The van der Waals surface area contributed by atoms with Crippen LogP contribution in [0.15, 0.2) is 28.8 Å². The summed E-state index contributed by atoms with van der Waals surface area (Å²) in [5.74, 6) is 4.30. The normalized spacial score (nSPS) is 23.8. The van der Waals surface area contributed by atoms with Gasteiger partial charge in [-0.2, -0.15) is 0 Å². The fourth-order valence-electron chi connectivity index (χ4n) is 6.22. The molecule has 0 saturated heterocycles. The monoisotopic (exact) mass is 454 g/mol. The van der Waals surface area contributed by atoms with E-state index in [1.54, 1.807) is 7.11 Å². The van der Waals surface area contributed by atoms with Gasteiger partial charge in [-0.25, -0.2) is 0 Å². The van der Waals surface area contributed by atoms with Gasteiger partial charge in [0.1, 0.15) is 5.69 Å². The summed E-state index contributed by atoms with van der Waals surface area (Å²) in [6.07, 6.45) is 12.1. The minimum absolute atomic E-state index is 0.185. The number of ether oxygens (including phenoxy) is 1. The van der Waals surface area contributed by atoms with Crippen LogP contribution in [-0.4, -0.2) is 17.1 Å². The summed E-state index contributed by atoms with van der Waals surface area (Å²) in [6.45, 7) is 4.75. The first-order valence-electron chi connectivity index (χ1n) is 12.3. The van der Waals surface area contributed by atoms with Crippen molar-refractivity contribution >= 4 is 11.6 Å². The maximum atomic E-state index is 6.56. The Bertz CT molecular complexity index is 1060. The molecule has 4 heterocycles. The highest BCUT2D eigenvalue weighted by Gasteiger charge is 2.46. The topological polar surface area (TPSA) is 53.9 Å². The highest BCUT2D eigenvalue weighted by molar-refractivity contribution is 6.33. The first kappa shape index (κ1) is 21.8. The van der Waals surface area contributed by atoms with Crippen molar-refractivity contribution in [3.05, 3.63) is 52.1 Å². The predicted molar refractivity (Wildman–Crippen MR) is 130 cm³/mol. The van der Waals surface area contributed by atoms with Gasteiger partial charge < -0.3 is 19.1 Å². The third-order valence-electron chi connectivity index (χ3n) is 7.62. The number of hydrogen-bond donors (Lipinski definition) is 2. The second-order valence-corrected chi connectivity index (χ2v) is 10.4. The smallest absolute Gasteiger partial charge is 0.161 e. The zero-order valence-electron chi connectivity index (χ0n) is 19.5. The molecule has 32 heavy (non-hydrogen) atoms. The summed E-state index contributed by atoms with van der Waals surface area (Å²) in [7, 11) is 1.74. The third-order valence-corrected chi connectivity index (χ3v) is 7.93. The molecule has 0 spiro atoms. The fourth-order valence-corrected chi connectivity index (χ4v) is 6.43. The van der Waals surface area contributed by atoms with Gasteiger partial charge in [0.15, 0.2) is 17.3 Å². The Morgan fingerprint density at radius 2 is 1.88 bits per heavy atom. The summed E-state index contributed by atoms with van der Waals surface area (Å²) in [5.41, 5.74) is 5.04. The van der Waals surface area contributed by atoms with Crippen molar-refractivity contribution in [2.75, 3.05) is 7.11 Å². The maximum Gasteiger partial charge on any atom is 0.161 e. The molecule has 6 rings (SSSR count). The zero-order valence-corrected chi connectivity index (χ0v) is 20.2. The number of nitrogens with one attached hydrogen (secondary N) is 2. The second-order valence-electron chi connectivity index (χ2n) is 9.98. The van der Waals surface area contributed by atoms with Crippen molar-refractivity contribution in [2.45, 2.75) is 77.0 Å². The highest BCUT2D eigenvalue weighted by Crippen LogP contribution is 2.57. The van der Waals surface area contributed by atoms with Crippen LogP contribution in [0.4, 0.5) is 0 Å². The lowest BCUT2D eigenvalue weighted by molar-refractivity contribution is 0.286. The molecular formula is C27H35ClN2O2. The largest absolute Gasteiger partial charge is 0.493 e. The molecule has 0 amide bonds. The number of H-pyrrole nitrogens is 2. The summed E-state index contributed by atoms with van der Waals surface area (Å²) >= 11 is 6.40. The lowest BCUT2D eigenvalue weighted by Gasteiger charge is -2.28. The molecule has 3 atom stereocenters. The van der Waals surface area contributed by atoms with Crippen LogP contribution in [-0.2, 0) is 6.42 Å². The first-order chi connectivity index (χ1) is 15.6. The third kappa shape index (κ3) is 3.81. The van der Waals surface area contributed by atoms with E-state index in [1.807, 2.05) is 18.3 Å². The van der Waals surface area contributed by atoms with E-state index in [9.17, 15) is 0 Å². The minimum atomic E-state index is 0.185. The quantitative estimate of drug-likeness (QED) is 0.418. The molecule has 4 nitrogen and oxygen atoms in total. The number of aryl methyl sites for hydroxylation is 1. The van der Waals surface area contributed by atoms with E-state index in [2.05, 4.69) is 29.9 Å². The van der Waals surface area contributed by atoms with E-state index < -0.39 is 0 Å². The molecule has 3 aromatic rings. The summed E-state index contributed by atoms with van der Waals surface area (Å²) in [5, 5.41) is 0.664. The van der Waals surface area contributed by atoms with E-state index in [-0.39, 0.29) is 5.92 Å².